The summed E-state index contributed by atoms with van der Waals surface area (Å²) in [7, 11) is 0. The first-order valence-corrected chi connectivity index (χ1v) is 4.74. The van der Waals surface area contributed by atoms with Crippen LogP contribution in [0.25, 0.3) is 0 Å². The predicted octanol–water partition coefficient (Wildman–Crippen LogP) is 2.15. The van der Waals surface area contributed by atoms with Gasteiger partial charge in [-0.15, -0.1) is 0 Å². The summed E-state index contributed by atoms with van der Waals surface area (Å²) in [6.07, 6.45) is 1.46. The van der Waals surface area contributed by atoms with Crippen LogP contribution < -0.4 is 4.74 Å². The first-order chi connectivity index (χ1) is 6.84. The van der Waals surface area contributed by atoms with Gasteiger partial charge in [-0.25, -0.2) is 4.99 Å². The lowest BCUT2D eigenvalue weighted by Crippen LogP contribution is -2.16. The molecular weight excluding hydrogens is 202 g/mol. The fourth-order valence-corrected chi connectivity index (χ4v) is 1.35. The number of hydrogen-bond donors (Lipinski definition) is 0. The minimum absolute atomic E-state index is 0.106. The van der Waals surface area contributed by atoms with E-state index in [9.17, 15) is 0 Å². The molecule has 1 unspecified atom stereocenters. The topological polar surface area (TPSA) is 30.8 Å². The molecule has 14 heavy (non-hydrogen) atoms. The Kier molecular flexibility index (Phi) is 2.89. The van der Waals surface area contributed by atoms with E-state index in [1.165, 1.54) is 6.40 Å². The molecule has 0 spiro atoms. The van der Waals surface area contributed by atoms with E-state index >= 15 is 0 Å². The van der Waals surface area contributed by atoms with Gasteiger partial charge in [0.2, 0.25) is 0 Å². The maximum atomic E-state index is 5.81. The number of halogens is 1. The molecule has 74 valence electrons. The molecule has 1 aliphatic rings. The second-order valence-corrected chi connectivity index (χ2v) is 3.45. The average molecular weight is 212 g/mol. The lowest BCUT2D eigenvalue weighted by Gasteiger charge is -2.08. The third-order valence-corrected chi connectivity index (χ3v) is 2.11. The van der Waals surface area contributed by atoms with Crippen molar-refractivity contribution in [2.24, 2.45) is 4.99 Å². The van der Waals surface area contributed by atoms with Gasteiger partial charge in [-0.2, -0.15) is 0 Å². The molecule has 0 radical (unpaired) electrons. The molecule has 0 N–H and O–H groups in total. The zero-order valence-corrected chi connectivity index (χ0v) is 8.28. The molecule has 1 aromatic rings. The number of ether oxygens (including phenoxy) is 2. The van der Waals surface area contributed by atoms with Gasteiger partial charge in [0, 0.05) is 5.02 Å². The predicted molar refractivity (Wildman–Crippen MR) is 55.2 cm³/mol. The smallest absolute Gasteiger partial charge is 0.170 e. The summed E-state index contributed by atoms with van der Waals surface area (Å²) < 4.78 is 10.5. The Balaban J connectivity index is 1.88. The second-order valence-electron chi connectivity index (χ2n) is 3.01. The lowest BCUT2D eigenvalue weighted by atomic mass is 10.3. The summed E-state index contributed by atoms with van der Waals surface area (Å²) in [6, 6.07) is 7.41. The number of aliphatic imine (C=N–C) groups is 1. The van der Waals surface area contributed by atoms with Crippen molar-refractivity contribution in [1.82, 2.24) is 0 Å². The van der Waals surface area contributed by atoms with Crippen molar-refractivity contribution in [3.05, 3.63) is 29.3 Å². The van der Waals surface area contributed by atoms with Crippen LogP contribution in [-0.4, -0.2) is 25.7 Å². The van der Waals surface area contributed by atoms with Crippen LogP contribution >= 0.6 is 11.6 Å². The monoisotopic (exact) mass is 211 g/mol. The minimum Gasteiger partial charge on any atom is -0.491 e. The summed E-state index contributed by atoms with van der Waals surface area (Å²) in [5.74, 6) is 0.764. The standard InChI is InChI=1S/C10H10ClNO2/c11-8-2-1-3-10(4-8)14-6-9-5-13-7-12-9/h1-4,7,9H,5-6H2. The van der Waals surface area contributed by atoms with E-state index in [1.54, 1.807) is 6.07 Å². The molecule has 0 bridgehead atoms. The fourth-order valence-electron chi connectivity index (χ4n) is 1.17. The van der Waals surface area contributed by atoms with Crippen LogP contribution in [0.3, 0.4) is 0 Å². The Morgan fingerprint density at radius 1 is 1.57 bits per heavy atom. The van der Waals surface area contributed by atoms with Crippen LogP contribution in [0.2, 0.25) is 5.02 Å². The van der Waals surface area contributed by atoms with Crippen molar-refractivity contribution >= 4 is 18.0 Å². The SMILES string of the molecule is Clc1cccc(OCC2COC=N2)c1. The van der Waals surface area contributed by atoms with Gasteiger partial charge in [0.05, 0.1) is 0 Å². The number of nitrogens with zero attached hydrogens (tertiary/aromatic N) is 1. The lowest BCUT2D eigenvalue weighted by molar-refractivity contribution is 0.246. The highest BCUT2D eigenvalue weighted by molar-refractivity contribution is 6.30. The van der Waals surface area contributed by atoms with Crippen molar-refractivity contribution < 1.29 is 9.47 Å². The molecule has 2 rings (SSSR count). The fraction of sp³-hybridized carbons (Fsp3) is 0.300. The van der Waals surface area contributed by atoms with E-state index in [1.807, 2.05) is 18.2 Å². The third-order valence-electron chi connectivity index (χ3n) is 1.87. The van der Waals surface area contributed by atoms with Crippen LogP contribution in [0.4, 0.5) is 0 Å². The van der Waals surface area contributed by atoms with Crippen molar-refractivity contribution in [1.29, 1.82) is 0 Å². The van der Waals surface area contributed by atoms with Gasteiger partial charge in [0.25, 0.3) is 0 Å². The normalized spacial score (nSPS) is 19.4. The van der Waals surface area contributed by atoms with E-state index in [4.69, 9.17) is 21.1 Å². The average Bonchev–Trinajstić information content (AvgIpc) is 2.67. The number of rotatable bonds is 3. The van der Waals surface area contributed by atoms with E-state index in [2.05, 4.69) is 4.99 Å². The Morgan fingerprint density at radius 2 is 2.50 bits per heavy atom. The minimum atomic E-state index is 0.106. The Hall–Kier alpha value is -1.22. The Morgan fingerprint density at radius 3 is 3.21 bits per heavy atom. The molecule has 0 saturated carbocycles. The van der Waals surface area contributed by atoms with Crippen molar-refractivity contribution in [3.63, 3.8) is 0 Å². The summed E-state index contributed by atoms with van der Waals surface area (Å²) in [4.78, 5) is 4.07. The van der Waals surface area contributed by atoms with Crippen molar-refractivity contribution in [2.45, 2.75) is 6.04 Å². The molecule has 0 aliphatic carbocycles. The first kappa shape index (κ1) is 9.34. The summed E-state index contributed by atoms with van der Waals surface area (Å²) >= 11 is 5.81. The van der Waals surface area contributed by atoms with Crippen LogP contribution in [0, 0.1) is 0 Å². The quantitative estimate of drug-likeness (QED) is 0.767. The first-order valence-electron chi connectivity index (χ1n) is 4.36. The zero-order valence-electron chi connectivity index (χ0n) is 7.52. The highest BCUT2D eigenvalue weighted by atomic mass is 35.5. The molecule has 1 aliphatic heterocycles. The summed E-state index contributed by atoms with van der Waals surface area (Å²) in [5, 5.41) is 0.675. The van der Waals surface area contributed by atoms with Gasteiger partial charge in [0.15, 0.2) is 6.40 Å². The van der Waals surface area contributed by atoms with Crippen molar-refractivity contribution in [2.75, 3.05) is 13.2 Å². The van der Waals surface area contributed by atoms with Gasteiger partial charge in [-0.1, -0.05) is 17.7 Å². The molecule has 1 atom stereocenters. The summed E-state index contributed by atoms with van der Waals surface area (Å²) in [5.41, 5.74) is 0. The van der Waals surface area contributed by atoms with Gasteiger partial charge in [0.1, 0.15) is 25.0 Å². The molecule has 0 aromatic heterocycles. The van der Waals surface area contributed by atoms with Crippen LogP contribution in [-0.2, 0) is 4.74 Å². The number of benzene rings is 1. The molecule has 3 nitrogen and oxygen atoms in total. The maximum absolute atomic E-state index is 5.81. The molecule has 0 fully saturated rings. The van der Waals surface area contributed by atoms with Crippen LogP contribution in [0.1, 0.15) is 0 Å². The van der Waals surface area contributed by atoms with E-state index in [0.717, 1.165) is 5.75 Å². The summed E-state index contributed by atoms with van der Waals surface area (Å²) in [6.45, 7) is 1.12. The molecule has 4 heteroatoms. The highest BCUT2D eigenvalue weighted by Gasteiger charge is 2.12. The highest BCUT2D eigenvalue weighted by Crippen LogP contribution is 2.17. The molecule has 1 aromatic carbocycles. The van der Waals surface area contributed by atoms with Crippen LogP contribution in [0.5, 0.6) is 5.75 Å². The van der Waals surface area contributed by atoms with Crippen LogP contribution in [0.15, 0.2) is 29.3 Å². The third kappa shape index (κ3) is 2.39. The Bertz CT molecular complexity index is 341. The van der Waals surface area contributed by atoms with Crippen molar-refractivity contribution in [3.8, 4) is 5.75 Å². The molecule has 1 heterocycles. The number of hydrogen-bond acceptors (Lipinski definition) is 3. The Labute approximate surface area is 87.3 Å². The van der Waals surface area contributed by atoms with Gasteiger partial charge in [-0.05, 0) is 18.2 Å². The molecular formula is C10H10ClNO2. The van der Waals surface area contributed by atoms with E-state index in [-0.39, 0.29) is 6.04 Å². The van der Waals surface area contributed by atoms with Gasteiger partial charge in [-0.3, -0.25) is 0 Å². The van der Waals surface area contributed by atoms with Gasteiger partial charge >= 0.3 is 0 Å². The molecule has 0 amide bonds. The molecule has 0 saturated heterocycles. The largest absolute Gasteiger partial charge is 0.491 e. The van der Waals surface area contributed by atoms with Gasteiger partial charge < -0.3 is 9.47 Å². The second kappa shape index (κ2) is 4.33. The van der Waals surface area contributed by atoms with E-state index in [0.29, 0.717) is 18.2 Å². The zero-order chi connectivity index (χ0) is 9.80. The van der Waals surface area contributed by atoms with E-state index < -0.39 is 0 Å². The maximum Gasteiger partial charge on any atom is 0.170 e.